The second kappa shape index (κ2) is 34.1. The number of hydrogen-bond acceptors (Lipinski definition) is 6. The van der Waals surface area contributed by atoms with Crippen molar-refractivity contribution in [3.8, 4) is 0 Å². The maximum absolute atomic E-state index is 12.1. The number of rotatable bonds is 28. The third kappa shape index (κ3) is 29.0. The summed E-state index contributed by atoms with van der Waals surface area (Å²) in [5, 5.41) is 43.0. The van der Waals surface area contributed by atoms with Gasteiger partial charge in [0.05, 0.1) is 37.5 Å². The number of unbranched alkanes of at least 4 members (excludes halogenated alkanes) is 12. The SMILES string of the molecule is [2H]C([2H])([2H])C([2H])([2H])C([2H])([2H])C([2H])([2H])C(=O)NC(CO)C(O)/C=C/C.[2H]C([2H])([2H])C([2H])([2H])CCCCC(=O)N[C@@H](CO)[C@H](O)/C=C/CCCCCCCCCCCCC. The number of aliphatic hydroxyl groups is 4. The van der Waals surface area contributed by atoms with Crippen molar-refractivity contribution in [3.63, 3.8) is 0 Å². The molecule has 0 aliphatic rings. The molecule has 8 nitrogen and oxygen atoms in total. The molecule has 0 rings (SSSR count). The summed E-state index contributed by atoms with van der Waals surface area (Å²) >= 11 is 0. The molecule has 0 bridgehead atoms. The van der Waals surface area contributed by atoms with E-state index >= 15 is 0 Å². The fraction of sp³-hybridized carbons (Fsp3) is 0.833. The van der Waals surface area contributed by atoms with Crippen molar-refractivity contribution in [1.82, 2.24) is 10.6 Å². The van der Waals surface area contributed by atoms with E-state index in [0.29, 0.717) is 6.42 Å². The molecule has 0 spiro atoms. The molecule has 0 fully saturated rings. The van der Waals surface area contributed by atoms with E-state index in [9.17, 15) is 24.9 Å². The van der Waals surface area contributed by atoms with E-state index in [4.69, 9.17) is 24.3 Å². The fourth-order valence-corrected chi connectivity index (χ4v) is 4.18. The first-order valence-corrected chi connectivity index (χ1v) is 16.1. The highest BCUT2D eigenvalue weighted by Gasteiger charge is 2.18. The summed E-state index contributed by atoms with van der Waals surface area (Å²) in [6.45, 7) is -3.62. The van der Waals surface area contributed by atoms with E-state index < -0.39 is 82.6 Å². The minimum absolute atomic E-state index is 0.0861. The number of hydrogen-bond donors (Lipinski definition) is 6. The smallest absolute Gasteiger partial charge is 0.220 e. The Labute approximate surface area is 289 Å². The molecule has 0 saturated carbocycles. The molecular formula is C36H70N2O6. The second-order valence-corrected chi connectivity index (χ2v) is 10.6. The average molecular weight is 641 g/mol. The van der Waals surface area contributed by atoms with Gasteiger partial charge in [0, 0.05) is 32.0 Å². The Morgan fingerprint density at radius 1 is 0.727 bits per heavy atom. The summed E-state index contributed by atoms with van der Waals surface area (Å²) in [5.74, 6) is -2.05. The summed E-state index contributed by atoms with van der Waals surface area (Å²) in [6, 6.07) is -2.17. The highest BCUT2D eigenvalue weighted by molar-refractivity contribution is 5.76. The third-order valence-corrected chi connectivity index (χ3v) is 6.77. The van der Waals surface area contributed by atoms with Crippen LogP contribution in [0, 0.1) is 0 Å². The van der Waals surface area contributed by atoms with Gasteiger partial charge >= 0.3 is 0 Å². The van der Waals surface area contributed by atoms with Gasteiger partial charge in [-0.25, -0.2) is 0 Å². The van der Waals surface area contributed by atoms with Crippen LogP contribution in [0.4, 0.5) is 0 Å². The standard InChI is InChI=1S/C25H49NO3.C11H21NO3/c1-3-5-7-9-10-11-12-13-14-15-16-17-18-20-24(28)23(22-27)26-25(29)21-19-8-6-4-2;1-3-5-7-11(15)12-9(8-13)10(14)6-4-2/h18,20,23-24,27-28H,3-17,19,21-22H2,1-2H3,(H,26,29);4,6,9-10,13-14H,3,5,7-8H2,1-2H3,(H,12,15)/b20-18+;6-4+/t23-,24+;/m0./s1/i2D3,4D2;1D3,3D2,5D2,7D2. The van der Waals surface area contributed by atoms with Crippen LogP contribution in [0.25, 0.3) is 0 Å². The predicted molar refractivity (Wildman–Crippen MR) is 183 cm³/mol. The molecule has 4 atom stereocenters. The summed E-state index contributed by atoms with van der Waals surface area (Å²) in [5.41, 5.74) is 0. The van der Waals surface area contributed by atoms with Gasteiger partial charge in [0.15, 0.2) is 0 Å². The highest BCUT2D eigenvalue weighted by Crippen LogP contribution is 2.12. The number of carbonyl (C=O) groups is 2. The van der Waals surface area contributed by atoms with Crippen molar-refractivity contribution in [2.45, 2.75) is 180 Å². The number of amides is 2. The summed E-state index contributed by atoms with van der Waals surface area (Å²) in [6.07, 6.45) is 5.96. The molecule has 0 aromatic rings. The first-order valence-electron chi connectivity index (χ1n) is 23.1. The molecule has 0 aliphatic carbocycles. The zero-order valence-corrected chi connectivity index (χ0v) is 27.0. The van der Waals surface area contributed by atoms with Crippen LogP contribution in [0.1, 0.15) is 175 Å². The molecule has 0 heterocycles. The van der Waals surface area contributed by atoms with Crippen LogP contribution in [-0.4, -0.2) is 69.7 Å². The first kappa shape index (κ1) is 24.4. The Balaban J connectivity index is 0. The lowest BCUT2D eigenvalue weighted by molar-refractivity contribution is -0.123. The summed E-state index contributed by atoms with van der Waals surface area (Å²) in [4.78, 5) is 24.1. The molecule has 44 heavy (non-hydrogen) atoms. The van der Waals surface area contributed by atoms with Gasteiger partial charge in [0.25, 0.3) is 0 Å². The van der Waals surface area contributed by atoms with E-state index in [-0.39, 0.29) is 25.2 Å². The van der Waals surface area contributed by atoms with Gasteiger partial charge in [0.2, 0.25) is 11.8 Å². The molecule has 0 aromatic heterocycles. The van der Waals surface area contributed by atoms with E-state index in [1.807, 2.05) is 11.4 Å². The predicted octanol–water partition coefficient (Wildman–Crippen LogP) is 6.64. The molecule has 0 saturated heterocycles. The Hall–Kier alpha value is -1.74. The van der Waals surface area contributed by atoms with Gasteiger partial charge in [-0.05, 0) is 32.6 Å². The van der Waals surface area contributed by atoms with Crippen LogP contribution in [0.3, 0.4) is 0 Å². The van der Waals surface area contributed by atoms with Crippen LogP contribution in [0.15, 0.2) is 24.3 Å². The van der Waals surface area contributed by atoms with Crippen LogP contribution >= 0.6 is 0 Å². The molecule has 6 N–H and O–H groups in total. The van der Waals surface area contributed by atoms with Crippen molar-refractivity contribution >= 4 is 11.8 Å². The van der Waals surface area contributed by atoms with Gasteiger partial charge in [-0.1, -0.05) is 135 Å². The van der Waals surface area contributed by atoms with Gasteiger partial charge < -0.3 is 31.1 Å². The number of allylic oxidation sites excluding steroid dienone is 2. The number of nitrogens with one attached hydrogen (secondary N) is 2. The molecule has 0 aliphatic heterocycles. The lowest BCUT2D eigenvalue weighted by atomic mass is 10.0. The van der Waals surface area contributed by atoms with Crippen LogP contribution in [0.5, 0.6) is 0 Å². The van der Waals surface area contributed by atoms with Crippen LogP contribution < -0.4 is 10.6 Å². The Morgan fingerprint density at radius 3 is 1.80 bits per heavy atom. The molecule has 2 unspecified atom stereocenters. The second-order valence-electron chi connectivity index (χ2n) is 10.6. The molecule has 8 heteroatoms. The molecule has 0 aromatic carbocycles. The van der Waals surface area contributed by atoms with Gasteiger partial charge in [-0.2, -0.15) is 0 Å². The lowest BCUT2D eigenvalue weighted by Gasteiger charge is -2.19. The van der Waals surface area contributed by atoms with Crippen molar-refractivity contribution < 1.29 is 49.2 Å². The van der Waals surface area contributed by atoms with Crippen molar-refractivity contribution in [1.29, 1.82) is 0 Å². The Morgan fingerprint density at radius 2 is 1.25 bits per heavy atom. The van der Waals surface area contributed by atoms with Gasteiger partial charge in [-0.3, -0.25) is 9.59 Å². The van der Waals surface area contributed by atoms with Crippen molar-refractivity contribution in [2.75, 3.05) is 13.2 Å². The van der Waals surface area contributed by atoms with Gasteiger partial charge in [-0.15, -0.1) is 0 Å². The van der Waals surface area contributed by atoms with Crippen LogP contribution in [0.2, 0.25) is 0 Å². The van der Waals surface area contributed by atoms with Gasteiger partial charge in [0.1, 0.15) is 0 Å². The largest absolute Gasteiger partial charge is 0.394 e. The maximum Gasteiger partial charge on any atom is 0.220 e. The zero-order chi connectivity index (χ0) is 45.4. The molecule has 260 valence electrons. The molecule has 2 amide bonds. The average Bonchev–Trinajstić information content (AvgIpc) is 3.12. The third-order valence-electron chi connectivity index (χ3n) is 6.77. The first-order chi connectivity index (χ1) is 26.6. The van der Waals surface area contributed by atoms with E-state index in [1.165, 1.54) is 69.9 Å². The normalized spacial score (nSPS) is 20.8. The topological polar surface area (TPSA) is 139 Å². The number of carbonyl (C=O) groups excluding carboxylic acids is 2. The van der Waals surface area contributed by atoms with Crippen LogP contribution in [-0.2, 0) is 9.59 Å². The zero-order valence-electron chi connectivity index (χ0n) is 41.0. The summed E-state index contributed by atoms with van der Waals surface area (Å²) in [7, 11) is 0. The van der Waals surface area contributed by atoms with E-state index in [2.05, 4.69) is 12.2 Å². The highest BCUT2D eigenvalue weighted by atomic mass is 16.3. The minimum Gasteiger partial charge on any atom is -0.394 e. The van der Waals surface area contributed by atoms with E-state index in [0.717, 1.165) is 19.3 Å². The minimum atomic E-state index is -3.72. The lowest BCUT2D eigenvalue weighted by Crippen LogP contribution is -2.45. The fourth-order valence-electron chi connectivity index (χ4n) is 4.18. The monoisotopic (exact) mass is 641 g/mol. The number of aliphatic hydroxyl groups excluding tert-OH is 4. The quantitative estimate of drug-likeness (QED) is 0.0419. The van der Waals surface area contributed by atoms with E-state index in [1.54, 1.807) is 13.0 Å². The van der Waals surface area contributed by atoms with Crippen molar-refractivity contribution in [2.24, 2.45) is 0 Å². The molecular weight excluding hydrogens is 556 g/mol. The van der Waals surface area contributed by atoms with Crippen molar-refractivity contribution in [3.05, 3.63) is 24.3 Å². The summed E-state index contributed by atoms with van der Waals surface area (Å²) < 4.78 is 103. The Bertz CT molecular complexity index is 1200. The Kier molecular flexibility index (Phi) is 19.0. The maximum atomic E-state index is 12.1. The molecule has 0 radical (unpaired) electrons.